The second-order valence-electron chi connectivity index (χ2n) is 7.51. The van der Waals surface area contributed by atoms with Gasteiger partial charge in [0.05, 0.1) is 25.8 Å². The molecule has 0 radical (unpaired) electrons. The van der Waals surface area contributed by atoms with Gasteiger partial charge in [0.1, 0.15) is 22.8 Å². The first-order valence-corrected chi connectivity index (χ1v) is 10.5. The number of methoxy groups -OCH3 is 2. The number of aromatic nitrogens is 1. The third kappa shape index (κ3) is 3.82. The smallest absolute Gasteiger partial charge is 0.300 e. The lowest BCUT2D eigenvalue weighted by Crippen LogP contribution is -2.29. The minimum atomic E-state index is -0.852. The maximum Gasteiger partial charge on any atom is 0.300 e. The summed E-state index contributed by atoms with van der Waals surface area (Å²) >= 11 is 0. The Morgan fingerprint density at radius 1 is 0.970 bits per heavy atom. The van der Waals surface area contributed by atoms with Crippen molar-refractivity contribution in [1.82, 2.24) is 4.98 Å². The maximum absolute atomic E-state index is 13.3. The highest BCUT2D eigenvalue weighted by molar-refractivity contribution is 6.51. The van der Waals surface area contributed by atoms with Gasteiger partial charge in [0.25, 0.3) is 11.7 Å². The molecule has 0 spiro atoms. The summed E-state index contributed by atoms with van der Waals surface area (Å²) in [4.78, 5) is 32.0. The number of anilines is 1. The molecule has 0 aliphatic carbocycles. The number of carbonyl (C=O) groups excluding carboxylic acids is 2. The van der Waals surface area contributed by atoms with Crippen molar-refractivity contribution < 1.29 is 24.2 Å². The van der Waals surface area contributed by atoms with Crippen molar-refractivity contribution in [3.63, 3.8) is 0 Å². The molecular formula is C26H24N2O5. The quantitative estimate of drug-likeness (QED) is 0.347. The molecule has 4 rings (SSSR count). The predicted molar refractivity (Wildman–Crippen MR) is 124 cm³/mol. The zero-order valence-electron chi connectivity index (χ0n) is 18.6. The van der Waals surface area contributed by atoms with Crippen LogP contribution in [0.2, 0.25) is 0 Å². The van der Waals surface area contributed by atoms with Gasteiger partial charge in [-0.3, -0.25) is 19.5 Å². The highest BCUT2D eigenvalue weighted by Crippen LogP contribution is 2.44. The number of aliphatic hydroxyl groups is 1. The van der Waals surface area contributed by atoms with E-state index in [1.165, 1.54) is 19.1 Å². The molecule has 1 saturated heterocycles. The predicted octanol–water partition coefficient (Wildman–Crippen LogP) is 4.29. The summed E-state index contributed by atoms with van der Waals surface area (Å²) in [5, 5.41) is 11.4. The SMILES string of the molecule is CCc1ccc(N2C(=O)C(=O)/C(=C(/O)c3c(OC)cccc3OC)C2c2ccncc2)cc1. The molecule has 1 unspecified atom stereocenters. The van der Waals surface area contributed by atoms with Crippen molar-refractivity contribution >= 4 is 23.1 Å². The van der Waals surface area contributed by atoms with Gasteiger partial charge in [-0.2, -0.15) is 0 Å². The van der Waals surface area contributed by atoms with Crippen LogP contribution < -0.4 is 14.4 Å². The van der Waals surface area contributed by atoms with Crippen LogP contribution >= 0.6 is 0 Å². The highest BCUT2D eigenvalue weighted by Gasteiger charge is 2.47. The van der Waals surface area contributed by atoms with E-state index in [-0.39, 0.29) is 16.9 Å². The Hall–Kier alpha value is -4.13. The van der Waals surface area contributed by atoms with Crippen molar-refractivity contribution in [3.8, 4) is 11.5 Å². The second-order valence-corrected chi connectivity index (χ2v) is 7.51. The van der Waals surface area contributed by atoms with Crippen LogP contribution in [-0.4, -0.2) is 36.0 Å². The van der Waals surface area contributed by atoms with Crippen molar-refractivity contribution in [2.75, 3.05) is 19.1 Å². The first-order valence-electron chi connectivity index (χ1n) is 10.5. The summed E-state index contributed by atoms with van der Waals surface area (Å²) < 4.78 is 10.8. The summed E-state index contributed by atoms with van der Waals surface area (Å²) in [7, 11) is 2.92. The molecule has 1 aromatic heterocycles. The molecule has 0 bridgehead atoms. The van der Waals surface area contributed by atoms with Gasteiger partial charge in [0.15, 0.2) is 0 Å². The van der Waals surface area contributed by atoms with Crippen LogP contribution in [0, 0.1) is 0 Å². The molecule has 1 atom stereocenters. The molecule has 3 aromatic rings. The number of ether oxygens (including phenoxy) is 2. The van der Waals surface area contributed by atoms with Crippen LogP contribution in [0.4, 0.5) is 5.69 Å². The van der Waals surface area contributed by atoms with E-state index in [1.54, 1.807) is 42.7 Å². The minimum absolute atomic E-state index is 0.0476. The number of nitrogens with zero attached hydrogens (tertiary/aromatic N) is 2. The third-order valence-electron chi connectivity index (χ3n) is 5.75. The molecule has 33 heavy (non-hydrogen) atoms. The molecule has 1 aliphatic heterocycles. The van der Waals surface area contributed by atoms with Gasteiger partial charge in [-0.15, -0.1) is 0 Å². The molecule has 2 heterocycles. The molecule has 1 N–H and O–H groups in total. The molecule has 1 aliphatic rings. The normalized spacial score (nSPS) is 17.3. The molecule has 0 saturated carbocycles. The largest absolute Gasteiger partial charge is 0.506 e. The Balaban J connectivity index is 1.97. The van der Waals surface area contributed by atoms with E-state index >= 15 is 0 Å². The van der Waals surface area contributed by atoms with Gasteiger partial charge in [-0.1, -0.05) is 25.1 Å². The Bertz CT molecular complexity index is 1200. The number of hydrogen-bond donors (Lipinski definition) is 1. The fraction of sp³-hybridized carbons (Fsp3) is 0.192. The number of aliphatic hydroxyl groups excluding tert-OH is 1. The van der Waals surface area contributed by atoms with Crippen molar-refractivity contribution in [2.45, 2.75) is 19.4 Å². The second kappa shape index (κ2) is 9.16. The van der Waals surface area contributed by atoms with Gasteiger partial charge in [0, 0.05) is 18.1 Å². The van der Waals surface area contributed by atoms with Gasteiger partial charge in [-0.25, -0.2) is 0 Å². The van der Waals surface area contributed by atoms with Crippen LogP contribution in [-0.2, 0) is 16.0 Å². The molecular weight excluding hydrogens is 420 g/mol. The molecule has 2 aromatic carbocycles. The lowest BCUT2D eigenvalue weighted by Gasteiger charge is -2.25. The van der Waals surface area contributed by atoms with Crippen molar-refractivity contribution in [2.24, 2.45) is 0 Å². The standard InChI is InChI=1S/C26H24N2O5/c1-4-16-8-10-18(11-9-16)28-23(17-12-14-27-15-13-17)22(25(30)26(28)31)24(29)21-19(32-2)6-5-7-20(21)33-3/h5-15,23,29H,4H2,1-3H3/b24-22+. The number of pyridine rings is 1. The average molecular weight is 444 g/mol. The number of Topliss-reactive ketones (excluding diaryl/α,β-unsaturated/α-hetero) is 1. The minimum Gasteiger partial charge on any atom is -0.506 e. The van der Waals surface area contributed by atoms with Crippen LogP contribution in [0.1, 0.15) is 29.7 Å². The molecule has 7 heteroatoms. The zero-order chi connectivity index (χ0) is 23.5. The summed E-state index contributed by atoms with van der Waals surface area (Å²) in [5.41, 5.74) is 2.46. The van der Waals surface area contributed by atoms with E-state index in [2.05, 4.69) is 4.98 Å². The first kappa shape index (κ1) is 22.1. The van der Waals surface area contributed by atoms with Crippen LogP contribution in [0.15, 0.2) is 72.6 Å². The Morgan fingerprint density at radius 3 is 2.12 bits per heavy atom. The maximum atomic E-state index is 13.3. The Labute approximate surface area is 191 Å². The van der Waals surface area contributed by atoms with Crippen molar-refractivity contribution in [1.29, 1.82) is 0 Å². The molecule has 168 valence electrons. The van der Waals surface area contributed by atoms with E-state index < -0.39 is 17.7 Å². The lowest BCUT2D eigenvalue weighted by molar-refractivity contribution is -0.132. The number of aryl methyl sites for hydroxylation is 1. The molecule has 7 nitrogen and oxygen atoms in total. The van der Waals surface area contributed by atoms with Crippen LogP contribution in [0.5, 0.6) is 11.5 Å². The number of amides is 1. The van der Waals surface area contributed by atoms with Crippen LogP contribution in [0.3, 0.4) is 0 Å². The third-order valence-corrected chi connectivity index (χ3v) is 5.75. The van der Waals surface area contributed by atoms with E-state index in [9.17, 15) is 14.7 Å². The molecule has 1 amide bonds. The van der Waals surface area contributed by atoms with E-state index in [0.29, 0.717) is 22.7 Å². The lowest BCUT2D eigenvalue weighted by atomic mass is 9.95. The zero-order valence-corrected chi connectivity index (χ0v) is 18.6. The Morgan fingerprint density at radius 2 is 1.58 bits per heavy atom. The van der Waals surface area contributed by atoms with Gasteiger partial charge in [0.2, 0.25) is 0 Å². The number of ketones is 1. The fourth-order valence-electron chi connectivity index (χ4n) is 4.07. The fourth-order valence-corrected chi connectivity index (χ4v) is 4.07. The van der Waals surface area contributed by atoms with Gasteiger partial charge < -0.3 is 14.6 Å². The first-order chi connectivity index (χ1) is 16.0. The van der Waals surface area contributed by atoms with Gasteiger partial charge >= 0.3 is 0 Å². The number of hydrogen-bond acceptors (Lipinski definition) is 6. The van der Waals surface area contributed by atoms with Crippen LogP contribution in [0.25, 0.3) is 5.76 Å². The summed E-state index contributed by atoms with van der Waals surface area (Å²) in [6.07, 6.45) is 4.01. The number of rotatable bonds is 6. The van der Waals surface area contributed by atoms with Gasteiger partial charge in [-0.05, 0) is 53.9 Å². The topological polar surface area (TPSA) is 89.0 Å². The van der Waals surface area contributed by atoms with Crippen molar-refractivity contribution in [3.05, 3.63) is 89.3 Å². The summed E-state index contributed by atoms with van der Waals surface area (Å²) in [6.45, 7) is 2.04. The summed E-state index contributed by atoms with van der Waals surface area (Å²) in [6, 6.07) is 15.1. The van der Waals surface area contributed by atoms with E-state index in [0.717, 1.165) is 12.0 Å². The average Bonchev–Trinajstić information content (AvgIpc) is 3.13. The number of carbonyl (C=O) groups is 2. The van der Waals surface area contributed by atoms with E-state index in [4.69, 9.17) is 9.47 Å². The Kier molecular flexibility index (Phi) is 6.13. The van der Waals surface area contributed by atoms with E-state index in [1.807, 2.05) is 31.2 Å². The number of benzene rings is 2. The molecule has 1 fully saturated rings. The monoisotopic (exact) mass is 444 g/mol. The highest BCUT2D eigenvalue weighted by atomic mass is 16.5. The summed E-state index contributed by atoms with van der Waals surface area (Å²) in [5.74, 6) is -1.24.